The number of aromatic nitrogens is 3. The minimum absolute atomic E-state index is 0.0823. The first-order valence-electron chi connectivity index (χ1n) is 9.75. The van der Waals surface area contributed by atoms with Crippen LogP contribution in [-0.2, 0) is 15.9 Å². The van der Waals surface area contributed by atoms with Gasteiger partial charge >= 0.3 is 12.1 Å². The average molecular weight is 447 g/mol. The third-order valence-corrected chi connectivity index (χ3v) is 5.30. The molecule has 5 N–H and O–H groups in total. The fourth-order valence-electron chi connectivity index (χ4n) is 2.97. The van der Waals surface area contributed by atoms with Gasteiger partial charge in [0.05, 0.1) is 12.0 Å². The number of anilines is 3. The Morgan fingerprint density at radius 1 is 1.23 bits per heavy atom. The van der Waals surface area contributed by atoms with Gasteiger partial charge in [0.2, 0.25) is 5.95 Å². The Balaban J connectivity index is 1.87. The number of esters is 1. The highest BCUT2D eigenvalue weighted by atomic mass is 32.1. The first-order valence-corrected chi connectivity index (χ1v) is 10.6. The van der Waals surface area contributed by atoms with Crippen LogP contribution in [0.1, 0.15) is 42.9 Å². The van der Waals surface area contributed by atoms with Crippen LogP contribution in [0.3, 0.4) is 0 Å². The summed E-state index contributed by atoms with van der Waals surface area (Å²) in [6.45, 7) is 7.69. The SMILES string of the molecule is CCOC(=O)c1ccc(N(CCc2c[nH]c3nc(N)nc(N)c23)C(=O)OC(C)(C)C)s1. The van der Waals surface area contributed by atoms with E-state index in [2.05, 4.69) is 15.0 Å². The molecule has 0 aromatic carbocycles. The van der Waals surface area contributed by atoms with Crippen molar-refractivity contribution in [3.63, 3.8) is 0 Å². The summed E-state index contributed by atoms with van der Waals surface area (Å²) in [6, 6.07) is 3.34. The molecule has 10 nitrogen and oxygen atoms in total. The number of nitrogens with zero attached hydrogens (tertiary/aromatic N) is 3. The second kappa shape index (κ2) is 8.80. The van der Waals surface area contributed by atoms with Crippen LogP contribution in [-0.4, -0.2) is 45.8 Å². The van der Waals surface area contributed by atoms with E-state index in [9.17, 15) is 9.59 Å². The maximum absolute atomic E-state index is 12.9. The molecule has 31 heavy (non-hydrogen) atoms. The van der Waals surface area contributed by atoms with Gasteiger partial charge in [-0.25, -0.2) is 9.59 Å². The average Bonchev–Trinajstić information content (AvgIpc) is 3.28. The summed E-state index contributed by atoms with van der Waals surface area (Å²) in [6.07, 6.45) is 1.70. The van der Waals surface area contributed by atoms with Gasteiger partial charge in [-0.3, -0.25) is 4.90 Å². The zero-order valence-corrected chi connectivity index (χ0v) is 18.7. The maximum Gasteiger partial charge on any atom is 0.415 e. The zero-order valence-electron chi connectivity index (χ0n) is 17.9. The molecule has 0 bridgehead atoms. The normalized spacial score (nSPS) is 11.5. The molecule has 3 aromatic rings. The van der Waals surface area contributed by atoms with Crippen LogP contribution >= 0.6 is 11.3 Å². The Bertz CT molecular complexity index is 1100. The molecule has 166 valence electrons. The fourth-order valence-corrected chi connectivity index (χ4v) is 3.88. The molecule has 0 radical (unpaired) electrons. The molecule has 0 atom stereocenters. The number of nitrogens with two attached hydrogens (primary N) is 2. The number of rotatable bonds is 6. The van der Waals surface area contributed by atoms with Crippen molar-refractivity contribution in [1.82, 2.24) is 15.0 Å². The molecule has 0 unspecified atom stereocenters. The van der Waals surface area contributed by atoms with Crippen molar-refractivity contribution >= 4 is 51.2 Å². The molecular weight excluding hydrogens is 420 g/mol. The number of aromatic amines is 1. The van der Waals surface area contributed by atoms with E-state index in [0.717, 1.165) is 5.56 Å². The van der Waals surface area contributed by atoms with Crippen molar-refractivity contribution in [3.05, 3.63) is 28.8 Å². The van der Waals surface area contributed by atoms with Crippen LogP contribution in [0.15, 0.2) is 18.3 Å². The molecule has 11 heteroatoms. The molecule has 3 rings (SSSR count). The van der Waals surface area contributed by atoms with Crippen LogP contribution in [0.2, 0.25) is 0 Å². The van der Waals surface area contributed by atoms with Crippen LogP contribution in [0, 0.1) is 0 Å². The number of hydrogen-bond donors (Lipinski definition) is 3. The van der Waals surface area contributed by atoms with E-state index >= 15 is 0 Å². The molecule has 3 heterocycles. The van der Waals surface area contributed by atoms with Crippen LogP contribution < -0.4 is 16.4 Å². The van der Waals surface area contributed by atoms with Gasteiger partial charge in [0, 0.05) is 12.7 Å². The van der Waals surface area contributed by atoms with E-state index < -0.39 is 17.7 Å². The second-order valence-electron chi connectivity index (χ2n) is 7.74. The zero-order chi connectivity index (χ0) is 22.8. The summed E-state index contributed by atoms with van der Waals surface area (Å²) in [5.41, 5.74) is 12.4. The molecule has 0 fully saturated rings. The molecule has 0 saturated heterocycles. The molecule has 3 aromatic heterocycles. The molecule has 0 aliphatic heterocycles. The van der Waals surface area contributed by atoms with Gasteiger partial charge in [0.25, 0.3) is 0 Å². The highest BCUT2D eigenvalue weighted by Crippen LogP contribution is 2.30. The standard InChI is InChI=1S/C20H26N6O4S/c1-5-29-17(27)12-6-7-13(31-12)26(19(28)30-20(2,3)4)9-8-11-10-23-16-14(11)15(21)24-18(22)25-16/h6-7,10H,5,8-9H2,1-4H3,(H5,21,22,23,24,25). The number of carbonyl (C=O) groups excluding carboxylic acids is 2. The van der Waals surface area contributed by atoms with Crippen LogP contribution in [0.5, 0.6) is 0 Å². The minimum Gasteiger partial charge on any atom is -0.462 e. The molecule has 0 aliphatic rings. The van der Waals surface area contributed by atoms with Crippen LogP contribution in [0.4, 0.5) is 21.6 Å². The van der Waals surface area contributed by atoms with Crippen molar-refractivity contribution in [2.24, 2.45) is 0 Å². The maximum atomic E-state index is 12.9. The summed E-state index contributed by atoms with van der Waals surface area (Å²) < 4.78 is 10.6. The number of thiophene rings is 1. The second-order valence-corrected chi connectivity index (χ2v) is 8.81. The molecular formula is C20H26N6O4S. The first kappa shape index (κ1) is 22.3. The highest BCUT2D eigenvalue weighted by molar-refractivity contribution is 7.18. The molecule has 0 saturated carbocycles. The van der Waals surface area contributed by atoms with Gasteiger partial charge in [0.1, 0.15) is 26.9 Å². The van der Waals surface area contributed by atoms with E-state index in [4.69, 9.17) is 20.9 Å². The Labute approximate surface area is 183 Å². The minimum atomic E-state index is -0.673. The quantitative estimate of drug-likeness (QED) is 0.488. The third kappa shape index (κ3) is 5.23. The number of amides is 1. The van der Waals surface area contributed by atoms with Gasteiger partial charge in [-0.15, -0.1) is 11.3 Å². The summed E-state index contributed by atoms with van der Waals surface area (Å²) in [5, 5.41) is 1.24. The smallest absolute Gasteiger partial charge is 0.415 e. The lowest BCUT2D eigenvalue weighted by atomic mass is 10.1. The number of ether oxygens (including phenoxy) is 2. The third-order valence-electron chi connectivity index (χ3n) is 4.21. The van der Waals surface area contributed by atoms with E-state index in [1.807, 2.05) is 0 Å². The lowest BCUT2D eigenvalue weighted by molar-refractivity contribution is 0.0529. The summed E-state index contributed by atoms with van der Waals surface area (Å²) >= 11 is 1.17. The van der Waals surface area contributed by atoms with E-state index in [1.54, 1.807) is 46.0 Å². The monoisotopic (exact) mass is 446 g/mol. The Morgan fingerprint density at radius 3 is 2.65 bits per heavy atom. The fraction of sp³-hybridized carbons (Fsp3) is 0.400. The predicted molar refractivity (Wildman–Crippen MR) is 120 cm³/mol. The molecule has 0 spiro atoms. The Kier molecular flexibility index (Phi) is 6.34. The highest BCUT2D eigenvalue weighted by Gasteiger charge is 2.26. The largest absolute Gasteiger partial charge is 0.462 e. The van der Waals surface area contributed by atoms with Gasteiger partial charge in [-0.05, 0) is 51.8 Å². The first-order chi connectivity index (χ1) is 14.6. The summed E-state index contributed by atoms with van der Waals surface area (Å²) in [7, 11) is 0. The van der Waals surface area contributed by atoms with Crippen molar-refractivity contribution in [3.8, 4) is 0 Å². The lowest BCUT2D eigenvalue weighted by Gasteiger charge is -2.26. The molecule has 0 aliphatic carbocycles. The van der Waals surface area contributed by atoms with Crippen molar-refractivity contribution < 1.29 is 19.1 Å². The van der Waals surface area contributed by atoms with Gasteiger partial charge in [-0.1, -0.05) is 0 Å². The van der Waals surface area contributed by atoms with Crippen molar-refractivity contribution in [2.75, 3.05) is 29.5 Å². The number of hydrogen-bond acceptors (Lipinski definition) is 9. The van der Waals surface area contributed by atoms with Gasteiger partial charge in [-0.2, -0.15) is 9.97 Å². The summed E-state index contributed by atoms with van der Waals surface area (Å²) in [5.74, 6) is -0.0795. The van der Waals surface area contributed by atoms with E-state index in [-0.39, 0.29) is 24.9 Å². The number of carbonyl (C=O) groups is 2. The van der Waals surface area contributed by atoms with Crippen LogP contribution in [0.25, 0.3) is 11.0 Å². The lowest BCUT2D eigenvalue weighted by Crippen LogP contribution is -2.37. The number of H-pyrrole nitrogens is 1. The van der Waals surface area contributed by atoms with Gasteiger partial charge in [0.15, 0.2) is 0 Å². The topological polar surface area (TPSA) is 149 Å². The number of nitrogen functional groups attached to an aromatic ring is 2. The number of nitrogens with one attached hydrogen (secondary N) is 1. The van der Waals surface area contributed by atoms with Crippen molar-refractivity contribution in [1.29, 1.82) is 0 Å². The summed E-state index contributed by atoms with van der Waals surface area (Å²) in [4.78, 5) is 38.1. The Hall–Kier alpha value is -3.34. The van der Waals surface area contributed by atoms with Crippen molar-refractivity contribution in [2.45, 2.75) is 39.7 Å². The predicted octanol–water partition coefficient (Wildman–Crippen LogP) is 3.34. The Morgan fingerprint density at radius 2 is 1.97 bits per heavy atom. The van der Waals surface area contributed by atoms with Gasteiger partial charge < -0.3 is 25.9 Å². The van der Waals surface area contributed by atoms with E-state index in [0.29, 0.717) is 27.3 Å². The molecule has 1 amide bonds. The van der Waals surface area contributed by atoms with E-state index in [1.165, 1.54) is 16.2 Å². The number of fused-ring (bicyclic) bond motifs is 1.